The highest BCUT2D eigenvalue weighted by molar-refractivity contribution is 5.97. The van der Waals surface area contributed by atoms with E-state index in [-0.39, 0.29) is 18.5 Å². The lowest BCUT2D eigenvalue weighted by Crippen LogP contribution is -2.49. The number of epoxide rings is 1. The summed E-state index contributed by atoms with van der Waals surface area (Å²) >= 11 is 0. The number of hydrogen-bond donors (Lipinski definition) is 0. The fourth-order valence-corrected chi connectivity index (χ4v) is 3.89. The molecular weight excluding hydrogens is 270 g/mol. The van der Waals surface area contributed by atoms with Crippen LogP contribution in [0.1, 0.15) is 45.4 Å². The Hall–Kier alpha value is -1.67. The van der Waals surface area contributed by atoms with E-state index in [1.54, 1.807) is 6.92 Å². The van der Waals surface area contributed by atoms with E-state index in [4.69, 9.17) is 9.47 Å². The third kappa shape index (κ3) is 1.86. The fraction of sp³-hybridized carbons (Fsp3) is 0.688. The number of allylic oxidation sites excluding steroid dienone is 1. The van der Waals surface area contributed by atoms with Gasteiger partial charge in [-0.15, -0.1) is 0 Å². The van der Waals surface area contributed by atoms with Gasteiger partial charge in [0, 0.05) is 6.42 Å². The molecule has 2 aliphatic carbocycles. The van der Waals surface area contributed by atoms with E-state index < -0.39 is 17.0 Å². The fourth-order valence-electron chi connectivity index (χ4n) is 3.89. The molecule has 1 saturated carbocycles. The second-order valence-corrected chi connectivity index (χ2v) is 5.96. The quantitative estimate of drug-likeness (QED) is 0.584. The molecule has 0 radical (unpaired) electrons. The van der Waals surface area contributed by atoms with E-state index in [0.717, 1.165) is 19.3 Å². The van der Waals surface area contributed by atoms with E-state index in [9.17, 15) is 14.9 Å². The number of rotatable bonds is 4. The SMILES string of the molecule is CCOC(=O)C(C#N)(C1=CC(=O)CC1)C12CCCCC1O2. The van der Waals surface area contributed by atoms with Crippen molar-refractivity contribution in [2.24, 2.45) is 5.41 Å². The van der Waals surface area contributed by atoms with Crippen molar-refractivity contribution in [3.63, 3.8) is 0 Å². The summed E-state index contributed by atoms with van der Waals surface area (Å²) in [6.45, 7) is 1.93. The standard InChI is InChI=1S/C16H19NO4/c1-2-20-14(19)15(10-17,11-6-7-12(18)9-11)16-8-4-3-5-13(16)21-16/h9,13H,2-8H2,1H3. The molecule has 1 heterocycles. The van der Waals surface area contributed by atoms with Crippen molar-refractivity contribution < 1.29 is 19.1 Å². The van der Waals surface area contributed by atoms with Gasteiger partial charge in [0.15, 0.2) is 5.78 Å². The molecule has 0 N–H and O–H groups in total. The van der Waals surface area contributed by atoms with Crippen LogP contribution < -0.4 is 0 Å². The minimum absolute atomic E-state index is 0.0293. The Morgan fingerprint density at radius 3 is 2.95 bits per heavy atom. The van der Waals surface area contributed by atoms with Gasteiger partial charge in [-0.05, 0) is 37.8 Å². The Morgan fingerprint density at radius 2 is 2.38 bits per heavy atom. The van der Waals surface area contributed by atoms with Crippen LogP contribution in [0.4, 0.5) is 0 Å². The molecule has 0 amide bonds. The predicted octanol–water partition coefficient (Wildman–Crippen LogP) is 2.06. The third-order valence-electron chi connectivity index (χ3n) is 4.92. The Morgan fingerprint density at radius 1 is 1.57 bits per heavy atom. The molecule has 3 aliphatic rings. The molecule has 21 heavy (non-hydrogen) atoms. The highest BCUT2D eigenvalue weighted by Gasteiger charge is 2.74. The highest BCUT2D eigenvalue weighted by Crippen LogP contribution is 2.62. The van der Waals surface area contributed by atoms with Gasteiger partial charge in [0.05, 0.1) is 18.8 Å². The minimum Gasteiger partial charge on any atom is -0.464 e. The van der Waals surface area contributed by atoms with Gasteiger partial charge in [0.2, 0.25) is 5.41 Å². The van der Waals surface area contributed by atoms with Crippen LogP contribution >= 0.6 is 0 Å². The summed E-state index contributed by atoms with van der Waals surface area (Å²) in [6, 6.07) is 2.19. The van der Waals surface area contributed by atoms with Crippen molar-refractivity contribution in [3.05, 3.63) is 11.6 Å². The number of nitriles is 1. The second kappa shape index (κ2) is 4.96. The first-order valence-electron chi connectivity index (χ1n) is 7.61. The van der Waals surface area contributed by atoms with Gasteiger partial charge in [-0.1, -0.05) is 12.8 Å². The molecule has 1 saturated heterocycles. The Labute approximate surface area is 123 Å². The molecule has 2 fully saturated rings. The van der Waals surface area contributed by atoms with Gasteiger partial charge in [-0.25, -0.2) is 4.79 Å². The van der Waals surface area contributed by atoms with Crippen molar-refractivity contribution in [2.75, 3.05) is 6.61 Å². The van der Waals surface area contributed by atoms with Crippen molar-refractivity contribution in [1.82, 2.24) is 0 Å². The molecule has 0 aromatic heterocycles. The summed E-state index contributed by atoms with van der Waals surface area (Å²) in [4.78, 5) is 24.3. The molecule has 5 heteroatoms. The molecule has 0 aromatic rings. The van der Waals surface area contributed by atoms with Gasteiger partial charge >= 0.3 is 5.97 Å². The molecular formula is C16H19NO4. The number of nitrogens with zero attached hydrogens (tertiary/aromatic N) is 1. The smallest absolute Gasteiger partial charge is 0.333 e. The lowest BCUT2D eigenvalue weighted by molar-refractivity contribution is -0.153. The summed E-state index contributed by atoms with van der Waals surface area (Å²) in [6.07, 6.45) is 5.73. The first-order chi connectivity index (χ1) is 10.1. The average molecular weight is 289 g/mol. The Kier molecular flexibility index (Phi) is 3.37. The van der Waals surface area contributed by atoms with Gasteiger partial charge in [-0.3, -0.25) is 4.79 Å². The average Bonchev–Trinajstić information content (AvgIpc) is 3.08. The van der Waals surface area contributed by atoms with Crippen LogP contribution in [0.5, 0.6) is 0 Å². The lowest BCUT2D eigenvalue weighted by Gasteiger charge is -2.34. The van der Waals surface area contributed by atoms with Crippen LogP contribution in [0.15, 0.2) is 11.6 Å². The van der Waals surface area contributed by atoms with Crippen LogP contribution in [0, 0.1) is 16.7 Å². The van der Waals surface area contributed by atoms with Crippen molar-refractivity contribution in [3.8, 4) is 6.07 Å². The molecule has 0 bridgehead atoms. The molecule has 1 aliphatic heterocycles. The van der Waals surface area contributed by atoms with E-state index in [2.05, 4.69) is 6.07 Å². The van der Waals surface area contributed by atoms with E-state index in [1.807, 2.05) is 0 Å². The molecule has 0 spiro atoms. The number of hydrogen-bond acceptors (Lipinski definition) is 5. The van der Waals surface area contributed by atoms with E-state index in [0.29, 0.717) is 24.8 Å². The van der Waals surface area contributed by atoms with Gasteiger partial charge < -0.3 is 9.47 Å². The Balaban J connectivity index is 2.07. The summed E-state index contributed by atoms with van der Waals surface area (Å²) in [5.41, 5.74) is -1.64. The number of ether oxygens (including phenoxy) is 2. The minimum atomic E-state index is -1.44. The zero-order valence-corrected chi connectivity index (χ0v) is 12.2. The molecule has 112 valence electrons. The first-order valence-corrected chi connectivity index (χ1v) is 7.61. The number of fused-ring (bicyclic) bond motifs is 1. The van der Waals surface area contributed by atoms with Crippen molar-refractivity contribution in [2.45, 2.75) is 57.2 Å². The van der Waals surface area contributed by atoms with Crippen molar-refractivity contribution >= 4 is 11.8 Å². The summed E-state index contributed by atoms with van der Waals surface area (Å²) < 4.78 is 11.1. The maximum Gasteiger partial charge on any atom is 0.333 e. The van der Waals surface area contributed by atoms with Crippen LogP contribution in [-0.2, 0) is 19.1 Å². The van der Waals surface area contributed by atoms with E-state index in [1.165, 1.54) is 6.08 Å². The maximum atomic E-state index is 12.6. The normalized spacial score (nSPS) is 33.4. The summed E-state index contributed by atoms with van der Waals surface area (Å²) in [7, 11) is 0. The molecule has 3 atom stereocenters. The monoisotopic (exact) mass is 289 g/mol. The zero-order chi connectivity index (χ0) is 15.1. The summed E-state index contributed by atoms with van der Waals surface area (Å²) in [5, 5.41) is 9.88. The van der Waals surface area contributed by atoms with Gasteiger partial charge in [0.25, 0.3) is 0 Å². The zero-order valence-electron chi connectivity index (χ0n) is 12.2. The van der Waals surface area contributed by atoms with Crippen LogP contribution in [0.3, 0.4) is 0 Å². The third-order valence-corrected chi connectivity index (χ3v) is 4.92. The number of esters is 1. The molecule has 0 aromatic carbocycles. The van der Waals surface area contributed by atoms with Crippen LogP contribution in [0.2, 0.25) is 0 Å². The molecule has 3 unspecified atom stereocenters. The molecule has 3 rings (SSSR count). The van der Waals surface area contributed by atoms with Gasteiger partial charge in [-0.2, -0.15) is 5.26 Å². The van der Waals surface area contributed by atoms with Crippen molar-refractivity contribution in [1.29, 1.82) is 5.26 Å². The lowest BCUT2D eigenvalue weighted by atomic mass is 9.64. The van der Waals surface area contributed by atoms with Crippen LogP contribution in [-0.4, -0.2) is 30.1 Å². The number of ketones is 1. The maximum absolute atomic E-state index is 12.6. The topological polar surface area (TPSA) is 79.7 Å². The predicted molar refractivity (Wildman–Crippen MR) is 73.1 cm³/mol. The largest absolute Gasteiger partial charge is 0.464 e. The van der Waals surface area contributed by atoms with Crippen LogP contribution in [0.25, 0.3) is 0 Å². The van der Waals surface area contributed by atoms with E-state index >= 15 is 0 Å². The number of carbonyl (C=O) groups excluding carboxylic acids is 2. The highest BCUT2D eigenvalue weighted by atomic mass is 16.6. The Bertz CT molecular complexity index is 561. The second-order valence-electron chi connectivity index (χ2n) is 5.96. The summed E-state index contributed by atoms with van der Waals surface area (Å²) in [5.74, 6) is -0.587. The first kappa shape index (κ1) is 14.3. The number of carbonyl (C=O) groups is 2. The van der Waals surface area contributed by atoms with Gasteiger partial charge in [0.1, 0.15) is 5.60 Å². The molecule has 5 nitrogen and oxygen atoms in total.